The maximum absolute atomic E-state index is 9.85. The van der Waals surface area contributed by atoms with Crippen molar-refractivity contribution in [2.24, 2.45) is 5.92 Å². The zero-order chi connectivity index (χ0) is 13.3. The van der Waals surface area contributed by atoms with Gasteiger partial charge in [-0.2, -0.15) is 5.26 Å². The van der Waals surface area contributed by atoms with Crippen molar-refractivity contribution in [3.8, 4) is 11.8 Å². The van der Waals surface area contributed by atoms with E-state index < -0.39 is 5.54 Å². The minimum atomic E-state index is -0.593. The lowest BCUT2D eigenvalue weighted by Crippen LogP contribution is -2.54. The molecule has 1 saturated carbocycles. The van der Waals surface area contributed by atoms with E-state index in [0.29, 0.717) is 12.6 Å². The maximum Gasteiger partial charge on any atom is 0.141 e. The van der Waals surface area contributed by atoms with Crippen molar-refractivity contribution >= 4 is 0 Å². The second kappa shape index (κ2) is 4.86. The summed E-state index contributed by atoms with van der Waals surface area (Å²) >= 11 is 0. The topological polar surface area (TPSA) is 45.0 Å². The fourth-order valence-corrected chi connectivity index (χ4v) is 3.34. The highest BCUT2D eigenvalue weighted by atomic mass is 16.5. The van der Waals surface area contributed by atoms with Gasteiger partial charge in [-0.05, 0) is 18.9 Å². The molecular weight excluding hydrogens is 236 g/mol. The number of para-hydroxylation sites is 1. The molecule has 2 unspecified atom stereocenters. The van der Waals surface area contributed by atoms with E-state index in [1.54, 1.807) is 0 Å². The van der Waals surface area contributed by atoms with E-state index in [9.17, 15) is 5.26 Å². The van der Waals surface area contributed by atoms with Gasteiger partial charge in [0, 0.05) is 17.5 Å². The van der Waals surface area contributed by atoms with Gasteiger partial charge >= 0.3 is 0 Å². The molecule has 1 aliphatic heterocycles. The minimum Gasteiger partial charge on any atom is -0.493 e. The molecule has 3 rings (SSSR count). The van der Waals surface area contributed by atoms with Crippen molar-refractivity contribution in [2.75, 3.05) is 6.61 Å². The Labute approximate surface area is 114 Å². The zero-order valence-electron chi connectivity index (χ0n) is 11.4. The third-order valence-corrected chi connectivity index (χ3v) is 4.50. The Morgan fingerprint density at radius 3 is 2.79 bits per heavy atom. The molecule has 1 heterocycles. The molecule has 19 heavy (non-hydrogen) atoms. The molecule has 0 amide bonds. The number of ether oxygens (including phenoxy) is 1. The summed E-state index contributed by atoms with van der Waals surface area (Å²) in [6, 6.07) is 11.0. The summed E-state index contributed by atoms with van der Waals surface area (Å²) in [7, 11) is 0. The van der Waals surface area contributed by atoms with Gasteiger partial charge in [0.15, 0.2) is 0 Å². The van der Waals surface area contributed by atoms with Crippen LogP contribution >= 0.6 is 0 Å². The molecule has 1 fully saturated rings. The lowest BCUT2D eigenvalue weighted by molar-refractivity contribution is 0.140. The van der Waals surface area contributed by atoms with E-state index >= 15 is 0 Å². The SMILES string of the molecule is CC1COc2ccccc2C1(C#N)NC1CCCC1. The molecule has 1 N–H and O–H groups in total. The fraction of sp³-hybridized carbons (Fsp3) is 0.562. The highest BCUT2D eigenvalue weighted by molar-refractivity contribution is 5.45. The van der Waals surface area contributed by atoms with Crippen molar-refractivity contribution in [3.63, 3.8) is 0 Å². The standard InChI is InChI=1S/C16H20N2O/c1-12-10-19-15-9-5-4-8-14(15)16(12,11-17)18-13-6-2-3-7-13/h4-5,8-9,12-13,18H,2-3,6-7,10H2,1H3. The number of rotatable bonds is 2. The summed E-state index contributed by atoms with van der Waals surface area (Å²) in [5.41, 5.74) is 0.410. The lowest BCUT2D eigenvalue weighted by atomic mass is 9.77. The van der Waals surface area contributed by atoms with Crippen LogP contribution in [0.1, 0.15) is 38.2 Å². The van der Waals surface area contributed by atoms with Crippen molar-refractivity contribution < 1.29 is 4.74 Å². The number of nitrogens with zero attached hydrogens (tertiary/aromatic N) is 1. The smallest absolute Gasteiger partial charge is 0.141 e. The average molecular weight is 256 g/mol. The molecule has 100 valence electrons. The Morgan fingerprint density at radius 1 is 1.32 bits per heavy atom. The van der Waals surface area contributed by atoms with Crippen LogP contribution in [0.3, 0.4) is 0 Å². The largest absolute Gasteiger partial charge is 0.493 e. The van der Waals surface area contributed by atoms with E-state index in [-0.39, 0.29) is 5.92 Å². The molecule has 2 aliphatic rings. The highest BCUT2D eigenvalue weighted by Crippen LogP contribution is 2.41. The third-order valence-electron chi connectivity index (χ3n) is 4.50. The Balaban J connectivity index is 2.00. The summed E-state index contributed by atoms with van der Waals surface area (Å²) < 4.78 is 5.77. The van der Waals surface area contributed by atoms with Gasteiger partial charge in [-0.25, -0.2) is 0 Å². The second-order valence-electron chi connectivity index (χ2n) is 5.75. The van der Waals surface area contributed by atoms with Crippen molar-refractivity contribution in [1.29, 1.82) is 5.26 Å². The Bertz CT molecular complexity index is 502. The molecule has 1 aromatic rings. The van der Waals surface area contributed by atoms with Gasteiger partial charge in [0.2, 0.25) is 0 Å². The maximum atomic E-state index is 9.85. The van der Waals surface area contributed by atoms with Gasteiger partial charge in [0.05, 0.1) is 12.7 Å². The predicted octanol–water partition coefficient (Wildman–Crippen LogP) is 2.97. The second-order valence-corrected chi connectivity index (χ2v) is 5.75. The molecule has 0 spiro atoms. The molecule has 1 aliphatic carbocycles. The number of nitrogens with one attached hydrogen (secondary N) is 1. The van der Waals surface area contributed by atoms with Gasteiger partial charge < -0.3 is 4.74 Å². The number of hydrogen-bond acceptors (Lipinski definition) is 3. The van der Waals surface area contributed by atoms with Crippen LogP contribution in [0.15, 0.2) is 24.3 Å². The molecule has 1 aromatic carbocycles. The predicted molar refractivity (Wildman–Crippen MR) is 73.8 cm³/mol. The normalized spacial score (nSPS) is 30.4. The van der Waals surface area contributed by atoms with Gasteiger partial charge in [-0.3, -0.25) is 5.32 Å². The van der Waals surface area contributed by atoms with Crippen LogP contribution in [0.5, 0.6) is 5.75 Å². The van der Waals surface area contributed by atoms with Crippen LogP contribution in [-0.4, -0.2) is 12.6 Å². The number of benzene rings is 1. The molecule has 3 heteroatoms. The molecule has 0 bridgehead atoms. The number of fused-ring (bicyclic) bond motifs is 1. The van der Waals surface area contributed by atoms with Gasteiger partial charge in [-0.1, -0.05) is 38.0 Å². The summed E-state index contributed by atoms with van der Waals surface area (Å²) in [6.45, 7) is 2.70. The Morgan fingerprint density at radius 2 is 2.05 bits per heavy atom. The zero-order valence-corrected chi connectivity index (χ0v) is 11.4. The van der Waals surface area contributed by atoms with Gasteiger partial charge in [0.25, 0.3) is 0 Å². The molecule has 0 aromatic heterocycles. The van der Waals surface area contributed by atoms with Crippen LogP contribution in [0.4, 0.5) is 0 Å². The minimum absolute atomic E-state index is 0.160. The van der Waals surface area contributed by atoms with E-state index in [1.807, 2.05) is 24.3 Å². The fourth-order valence-electron chi connectivity index (χ4n) is 3.34. The van der Waals surface area contributed by atoms with Crippen molar-refractivity contribution in [2.45, 2.75) is 44.2 Å². The van der Waals surface area contributed by atoms with E-state index in [4.69, 9.17) is 4.74 Å². The van der Waals surface area contributed by atoms with E-state index in [0.717, 1.165) is 11.3 Å². The summed E-state index contributed by atoms with van der Waals surface area (Å²) in [5.74, 6) is 1.01. The summed E-state index contributed by atoms with van der Waals surface area (Å²) in [6.07, 6.45) is 4.90. The van der Waals surface area contributed by atoms with Crippen molar-refractivity contribution in [3.05, 3.63) is 29.8 Å². The molecular formula is C16H20N2O. The van der Waals surface area contributed by atoms with Gasteiger partial charge in [-0.15, -0.1) is 0 Å². The Kier molecular flexibility index (Phi) is 3.20. The quantitative estimate of drug-likeness (QED) is 0.884. The molecule has 2 atom stereocenters. The van der Waals surface area contributed by atoms with Crippen LogP contribution in [0.25, 0.3) is 0 Å². The van der Waals surface area contributed by atoms with Crippen LogP contribution < -0.4 is 10.1 Å². The average Bonchev–Trinajstić information content (AvgIpc) is 2.95. The number of nitriles is 1. The summed E-state index contributed by atoms with van der Waals surface area (Å²) in [5, 5.41) is 13.5. The first-order valence-electron chi connectivity index (χ1n) is 7.17. The van der Waals surface area contributed by atoms with E-state index in [2.05, 4.69) is 18.3 Å². The first kappa shape index (κ1) is 12.5. The molecule has 0 radical (unpaired) electrons. The van der Waals surface area contributed by atoms with Crippen LogP contribution in [-0.2, 0) is 5.54 Å². The lowest BCUT2D eigenvalue weighted by Gasteiger charge is -2.41. The third kappa shape index (κ3) is 2.01. The Hall–Kier alpha value is -1.53. The van der Waals surface area contributed by atoms with Gasteiger partial charge in [0.1, 0.15) is 11.3 Å². The molecule has 3 nitrogen and oxygen atoms in total. The summed E-state index contributed by atoms with van der Waals surface area (Å²) in [4.78, 5) is 0. The first-order chi connectivity index (χ1) is 9.26. The van der Waals surface area contributed by atoms with E-state index in [1.165, 1.54) is 25.7 Å². The monoisotopic (exact) mass is 256 g/mol. The first-order valence-corrected chi connectivity index (χ1v) is 7.17. The number of hydrogen-bond donors (Lipinski definition) is 1. The van der Waals surface area contributed by atoms with Crippen molar-refractivity contribution in [1.82, 2.24) is 5.32 Å². The van der Waals surface area contributed by atoms with Crippen LogP contribution in [0, 0.1) is 17.2 Å². The van der Waals surface area contributed by atoms with Crippen LogP contribution in [0.2, 0.25) is 0 Å². The molecule has 0 saturated heterocycles. The highest BCUT2D eigenvalue weighted by Gasteiger charge is 2.45.